The van der Waals surface area contributed by atoms with E-state index in [-0.39, 0.29) is 17.7 Å². The van der Waals surface area contributed by atoms with Crippen LogP contribution in [0.2, 0.25) is 0 Å². The van der Waals surface area contributed by atoms with Gasteiger partial charge in [-0.2, -0.15) is 0 Å². The highest BCUT2D eigenvalue weighted by Gasteiger charge is 2.30. The molecule has 1 aliphatic heterocycles. The fraction of sp³-hybridized carbons (Fsp3) is 0.375. The Morgan fingerprint density at radius 2 is 1.39 bits per heavy atom. The molecular weight excluding hydrogens is 392 g/mol. The Balaban J connectivity index is 1.60. The number of amides is 4. The van der Waals surface area contributed by atoms with E-state index < -0.39 is 12.1 Å². The van der Waals surface area contributed by atoms with Crippen molar-refractivity contribution in [1.82, 2.24) is 15.1 Å². The molecule has 0 bridgehead atoms. The Labute approximate surface area is 183 Å². The fourth-order valence-corrected chi connectivity index (χ4v) is 3.64. The lowest BCUT2D eigenvalue weighted by atomic mass is 10.0. The highest BCUT2D eigenvalue weighted by molar-refractivity contribution is 5.95. The van der Waals surface area contributed by atoms with Crippen molar-refractivity contribution in [2.45, 2.75) is 26.3 Å². The Morgan fingerprint density at radius 3 is 2.03 bits per heavy atom. The van der Waals surface area contributed by atoms with E-state index in [0.717, 1.165) is 0 Å². The quantitative estimate of drug-likeness (QED) is 0.776. The number of hydrogen-bond acceptors (Lipinski definition) is 3. The van der Waals surface area contributed by atoms with Crippen molar-refractivity contribution in [3.63, 3.8) is 0 Å². The summed E-state index contributed by atoms with van der Waals surface area (Å²) in [5.74, 6) is -0.206. The normalized spacial score (nSPS) is 15.2. The summed E-state index contributed by atoms with van der Waals surface area (Å²) in [5, 5.41) is 5.58. The summed E-state index contributed by atoms with van der Waals surface area (Å²) < 4.78 is 0. The highest BCUT2D eigenvalue weighted by atomic mass is 16.2. The monoisotopic (exact) mass is 422 g/mol. The molecule has 0 radical (unpaired) electrons. The van der Waals surface area contributed by atoms with Gasteiger partial charge >= 0.3 is 6.03 Å². The summed E-state index contributed by atoms with van der Waals surface area (Å²) >= 11 is 0. The van der Waals surface area contributed by atoms with Crippen molar-refractivity contribution in [1.29, 1.82) is 0 Å². The van der Waals surface area contributed by atoms with E-state index in [1.807, 2.05) is 50.2 Å². The van der Waals surface area contributed by atoms with Crippen molar-refractivity contribution < 1.29 is 14.4 Å². The van der Waals surface area contributed by atoms with Gasteiger partial charge in [-0.3, -0.25) is 9.59 Å². The molecule has 1 saturated heterocycles. The van der Waals surface area contributed by atoms with Crippen LogP contribution >= 0.6 is 0 Å². The molecule has 4 amide bonds. The topological polar surface area (TPSA) is 81.8 Å². The number of nitrogens with zero attached hydrogens (tertiary/aromatic N) is 2. The predicted octanol–water partition coefficient (Wildman–Crippen LogP) is 3.21. The molecule has 2 aromatic rings. The number of carbonyl (C=O) groups is 3. The summed E-state index contributed by atoms with van der Waals surface area (Å²) in [6.45, 7) is 5.90. The summed E-state index contributed by atoms with van der Waals surface area (Å²) in [4.78, 5) is 41.9. The van der Waals surface area contributed by atoms with Gasteiger partial charge in [-0.15, -0.1) is 0 Å². The number of nitrogens with one attached hydrogen (secondary N) is 2. The van der Waals surface area contributed by atoms with Crippen molar-refractivity contribution >= 4 is 23.5 Å². The van der Waals surface area contributed by atoms with Crippen molar-refractivity contribution in [2.24, 2.45) is 5.92 Å². The van der Waals surface area contributed by atoms with E-state index >= 15 is 0 Å². The van der Waals surface area contributed by atoms with Crippen LogP contribution in [0.25, 0.3) is 0 Å². The molecule has 1 unspecified atom stereocenters. The van der Waals surface area contributed by atoms with Gasteiger partial charge in [-0.25, -0.2) is 4.79 Å². The van der Waals surface area contributed by atoms with Crippen LogP contribution in [-0.4, -0.2) is 59.9 Å². The first-order valence-corrected chi connectivity index (χ1v) is 10.7. The maximum absolute atomic E-state index is 13.2. The first-order valence-electron chi connectivity index (χ1n) is 10.7. The second-order valence-electron chi connectivity index (χ2n) is 8.02. The summed E-state index contributed by atoms with van der Waals surface area (Å²) in [6.07, 6.45) is 0.700. The summed E-state index contributed by atoms with van der Waals surface area (Å²) in [5.41, 5.74) is 1.32. The lowest BCUT2D eigenvalue weighted by molar-refractivity contribution is -0.134. The third-order valence-corrected chi connectivity index (χ3v) is 5.37. The van der Waals surface area contributed by atoms with Gasteiger partial charge in [0.05, 0.1) is 0 Å². The van der Waals surface area contributed by atoms with Gasteiger partial charge in [0.2, 0.25) is 5.91 Å². The average Bonchev–Trinajstić information content (AvgIpc) is 3.04. The minimum absolute atomic E-state index is 0.0179. The number of hydrogen-bond donors (Lipinski definition) is 2. The van der Waals surface area contributed by atoms with Crippen LogP contribution in [0.4, 0.5) is 10.5 Å². The van der Waals surface area contributed by atoms with E-state index in [1.165, 1.54) is 0 Å². The standard InChI is InChI=1S/C24H30N4O3/c1-18(2)21(26-24(31)25-20-12-7-4-8-13-20)23(30)28-15-9-14-27(16-17-28)22(29)19-10-5-3-6-11-19/h3-8,10-13,18,21H,9,14-17H2,1-2H3,(H2,25,26,31). The Morgan fingerprint density at radius 1 is 0.806 bits per heavy atom. The van der Waals surface area contributed by atoms with Gasteiger partial charge in [0.1, 0.15) is 6.04 Å². The minimum Gasteiger partial charge on any atom is -0.339 e. The molecule has 2 aromatic carbocycles. The molecule has 164 valence electrons. The Bertz CT molecular complexity index is 886. The van der Waals surface area contributed by atoms with E-state index in [1.54, 1.807) is 34.1 Å². The van der Waals surface area contributed by atoms with E-state index in [2.05, 4.69) is 10.6 Å². The van der Waals surface area contributed by atoms with Gasteiger partial charge in [-0.05, 0) is 36.6 Å². The highest BCUT2D eigenvalue weighted by Crippen LogP contribution is 2.13. The van der Waals surface area contributed by atoms with Gasteiger partial charge in [0.25, 0.3) is 5.91 Å². The predicted molar refractivity (Wildman–Crippen MR) is 121 cm³/mol. The molecule has 1 atom stereocenters. The average molecular weight is 423 g/mol. The molecule has 7 nitrogen and oxygen atoms in total. The molecule has 1 heterocycles. The number of benzene rings is 2. The third kappa shape index (κ3) is 6.07. The van der Waals surface area contributed by atoms with Gasteiger partial charge in [-0.1, -0.05) is 50.2 Å². The molecule has 0 spiro atoms. The first-order chi connectivity index (χ1) is 15.0. The number of para-hydroxylation sites is 1. The SMILES string of the molecule is CC(C)C(NC(=O)Nc1ccccc1)C(=O)N1CCCN(C(=O)c2ccccc2)CC1. The summed E-state index contributed by atoms with van der Waals surface area (Å²) in [7, 11) is 0. The molecule has 3 rings (SSSR count). The molecule has 0 aliphatic carbocycles. The summed E-state index contributed by atoms with van der Waals surface area (Å²) in [6, 6.07) is 17.3. The Hall–Kier alpha value is -3.35. The fourth-order valence-electron chi connectivity index (χ4n) is 3.64. The molecule has 0 saturated carbocycles. The lowest BCUT2D eigenvalue weighted by Gasteiger charge is -2.29. The molecule has 31 heavy (non-hydrogen) atoms. The van der Waals surface area contributed by atoms with E-state index in [9.17, 15) is 14.4 Å². The molecule has 7 heteroatoms. The zero-order valence-corrected chi connectivity index (χ0v) is 18.1. The van der Waals surface area contributed by atoms with E-state index in [4.69, 9.17) is 0 Å². The van der Waals surface area contributed by atoms with Gasteiger partial charge < -0.3 is 20.4 Å². The lowest BCUT2D eigenvalue weighted by Crippen LogP contribution is -2.53. The maximum Gasteiger partial charge on any atom is 0.319 e. The van der Waals surface area contributed by atoms with Gasteiger partial charge in [0, 0.05) is 37.4 Å². The molecule has 1 fully saturated rings. The van der Waals surface area contributed by atoms with Crippen LogP contribution in [0, 0.1) is 5.92 Å². The smallest absolute Gasteiger partial charge is 0.319 e. The molecular formula is C24H30N4O3. The Kier molecular flexibility index (Phi) is 7.65. The van der Waals surface area contributed by atoms with Crippen molar-refractivity contribution in [3.05, 3.63) is 66.2 Å². The van der Waals surface area contributed by atoms with Crippen molar-refractivity contribution in [2.75, 3.05) is 31.5 Å². The van der Waals surface area contributed by atoms with Crippen LogP contribution in [0.1, 0.15) is 30.6 Å². The second-order valence-corrected chi connectivity index (χ2v) is 8.02. The first kappa shape index (κ1) is 22.3. The zero-order valence-electron chi connectivity index (χ0n) is 18.1. The number of rotatable bonds is 5. The molecule has 1 aliphatic rings. The van der Waals surface area contributed by atoms with Crippen LogP contribution in [-0.2, 0) is 4.79 Å². The third-order valence-electron chi connectivity index (χ3n) is 5.37. The van der Waals surface area contributed by atoms with E-state index in [0.29, 0.717) is 43.9 Å². The van der Waals surface area contributed by atoms with Crippen LogP contribution in [0.15, 0.2) is 60.7 Å². The minimum atomic E-state index is -0.639. The largest absolute Gasteiger partial charge is 0.339 e. The number of urea groups is 1. The van der Waals surface area contributed by atoms with Crippen LogP contribution in [0.3, 0.4) is 0 Å². The van der Waals surface area contributed by atoms with Crippen LogP contribution in [0.5, 0.6) is 0 Å². The second kappa shape index (κ2) is 10.6. The van der Waals surface area contributed by atoms with Crippen LogP contribution < -0.4 is 10.6 Å². The number of anilines is 1. The number of carbonyl (C=O) groups excluding carboxylic acids is 3. The zero-order chi connectivity index (χ0) is 22.2. The maximum atomic E-state index is 13.2. The molecule has 2 N–H and O–H groups in total. The van der Waals surface area contributed by atoms with Crippen molar-refractivity contribution in [3.8, 4) is 0 Å². The molecule has 0 aromatic heterocycles. The van der Waals surface area contributed by atoms with Gasteiger partial charge in [0.15, 0.2) is 0 Å².